The van der Waals surface area contributed by atoms with Crippen LogP contribution in [0.3, 0.4) is 0 Å². The molecular weight excluding hydrogens is 324 g/mol. The van der Waals surface area contributed by atoms with E-state index in [2.05, 4.69) is 0 Å². The van der Waals surface area contributed by atoms with Gasteiger partial charge in [-0.25, -0.2) is 0 Å². The number of aliphatic hydroxyl groups is 4. The third-order valence-corrected chi connectivity index (χ3v) is 5.06. The highest BCUT2D eigenvalue weighted by Gasteiger charge is 2.50. The van der Waals surface area contributed by atoms with Crippen molar-refractivity contribution >= 4 is 5.97 Å². The molecule has 3 rings (SSSR count). The van der Waals surface area contributed by atoms with E-state index in [0.29, 0.717) is 12.8 Å². The van der Waals surface area contributed by atoms with Gasteiger partial charge in [-0.2, -0.15) is 0 Å². The molecule has 0 unspecified atom stereocenters. The Morgan fingerprint density at radius 2 is 1.88 bits per heavy atom. The Balaban J connectivity index is 1.74. The number of carboxylic acids is 1. The van der Waals surface area contributed by atoms with Crippen LogP contribution in [0.15, 0.2) is 12.3 Å². The third kappa shape index (κ3) is 3.03. The summed E-state index contributed by atoms with van der Waals surface area (Å²) < 4.78 is 16.3. The maximum Gasteiger partial charge on any atom is 0.307 e. The molecule has 2 fully saturated rings. The van der Waals surface area contributed by atoms with Crippen molar-refractivity contribution in [3.05, 3.63) is 12.3 Å². The first-order chi connectivity index (χ1) is 11.4. The van der Waals surface area contributed by atoms with Crippen LogP contribution in [0.1, 0.15) is 12.8 Å². The van der Waals surface area contributed by atoms with Crippen molar-refractivity contribution in [3.63, 3.8) is 0 Å². The van der Waals surface area contributed by atoms with E-state index in [1.165, 1.54) is 6.26 Å². The monoisotopic (exact) mass is 346 g/mol. The van der Waals surface area contributed by atoms with Gasteiger partial charge in [0.1, 0.15) is 24.4 Å². The Kier molecular flexibility index (Phi) is 5.09. The molecule has 9 nitrogen and oxygen atoms in total. The average molecular weight is 346 g/mol. The first kappa shape index (κ1) is 17.6. The average Bonchev–Trinajstić information content (AvgIpc) is 3.00. The Bertz CT molecular complexity index is 493. The Labute approximate surface area is 138 Å². The van der Waals surface area contributed by atoms with E-state index in [9.17, 15) is 30.3 Å². The summed E-state index contributed by atoms with van der Waals surface area (Å²) in [4.78, 5) is 11.4. The van der Waals surface area contributed by atoms with Crippen LogP contribution in [0, 0.1) is 17.8 Å². The summed E-state index contributed by atoms with van der Waals surface area (Å²) in [5, 5.41) is 48.2. The zero-order valence-corrected chi connectivity index (χ0v) is 12.8. The topological polar surface area (TPSA) is 146 Å². The molecule has 0 bridgehead atoms. The van der Waals surface area contributed by atoms with Gasteiger partial charge in [-0.15, -0.1) is 0 Å². The minimum Gasteiger partial charge on any atom is -0.481 e. The number of hydrogen-bond acceptors (Lipinski definition) is 8. The molecule has 0 aromatic heterocycles. The number of ether oxygens (including phenoxy) is 3. The van der Waals surface area contributed by atoms with E-state index in [1.54, 1.807) is 6.08 Å². The molecule has 24 heavy (non-hydrogen) atoms. The van der Waals surface area contributed by atoms with Crippen molar-refractivity contribution in [1.82, 2.24) is 0 Å². The Hall–Kier alpha value is -1.23. The molecule has 1 saturated heterocycles. The largest absolute Gasteiger partial charge is 0.481 e. The molecule has 1 saturated carbocycles. The number of hydrogen-bond donors (Lipinski definition) is 5. The zero-order chi connectivity index (χ0) is 17.4. The lowest BCUT2D eigenvalue weighted by Crippen LogP contribution is -2.60. The fourth-order valence-corrected chi connectivity index (χ4v) is 3.71. The first-order valence-corrected chi connectivity index (χ1v) is 7.95. The number of aliphatic carboxylic acids is 1. The zero-order valence-electron chi connectivity index (χ0n) is 12.8. The van der Waals surface area contributed by atoms with Gasteiger partial charge < -0.3 is 39.7 Å². The van der Waals surface area contributed by atoms with Crippen LogP contribution in [-0.2, 0) is 19.0 Å². The molecule has 0 spiro atoms. The quantitative estimate of drug-likeness (QED) is 0.406. The van der Waals surface area contributed by atoms with E-state index >= 15 is 0 Å². The van der Waals surface area contributed by atoms with Gasteiger partial charge >= 0.3 is 5.97 Å². The summed E-state index contributed by atoms with van der Waals surface area (Å²) >= 11 is 0. The minimum atomic E-state index is -1.56. The van der Waals surface area contributed by atoms with E-state index < -0.39 is 61.4 Å². The van der Waals surface area contributed by atoms with Crippen molar-refractivity contribution < 1.29 is 44.5 Å². The highest BCUT2D eigenvalue weighted by Crippen LogP contribution is 2.44. The van der Waals surface area contributed by atoms with Crippen LogP contribution in [0.25, 0.3) is 0 Å². The lowest BCUT2D eigenvalue weighted by atomic mass is 9.87. The second-order valence-electron chi connectivity index (χ2n) is 6.43. The summed E-state index contributed by atoms with van der Waals surface area (Å²) in [5.41, 5.74) is 0. The molecule has 9 atom stereocenters. The molecule has 3 aliphatic rings. The van der Waals surface area contributed by atoms with Crippen LogP contribution < -0.4 is 0 Å². The van der Waals surface area contributed by atoms with Crippen LogP contribution in [0.5, 0.6) is 0 Å². The van der Waals surface area contributed by atoms with Crippen molar-refractivity contribution in [3.8, 4) is 0 Å². The Morgan fingerprint density at radius 3 is 2.54 bits per heavy atom. The summed E-state index contributed by atoms with van der Waals surface area (Å²) in [6.07, 6.45) is -3.61. The van der Waals surface area contributed by atoms with Gasteiger partial charge in [0.25, 0.3) is 0 Å². The number of carboxylic acid groups (broad SMARTS) is 1. The molecule has 2 heterocycles. The van der Waals surface area contributed by atoms with E-state index in [0.717, 1.165) is 0 Å². The number of rotatable bonds is 4. The second-order valence-corrected chi connectivity index (χ2v) is 6.43. The summed E-state index contributed by atoms with van der Waals surface area (Å²) in [6.45, 7) is -0.569. The molecular formula is C15H22O9. The second kappa shape index (κ2) is 6.95. The standard InChI is InChI=1S/C15H22O9/c16-5-8-10(17)11(18)12(19)15(23-8)24-14-9-6(3-4-22-14)1-2-7(9)13(20)21/h3-4,6-12,14-19H,1-2,5H2,(H,20,21)/t6-,7-,8-,9+,10-,11-,12-,14+,15+/m1/s1. The highest BCUT2D eigenvalue weighted by atomic mass is 16.8. The first-order valence-electron chi connectivity index (χ1n) is 7.95. The van der Waals surface area contributed by atoms with Gasteiger partial charge in [-0.1, -0.05) is 0 Å². The number of carbonyl (C=O) groups is 1. The molecule has 0 amide bonds. The molecule has 0 aromatic carbocycles. The molecule has 1 aliphatic carbocycles. The maximum absolute atomic E-state index is 11.4. The van der Waals surface area contributed by atoms with Crippen LogP contribution >= 0.6 is 0 Å². The van der Waals surface area contributed by atoms with Crippen molar-refractivity contribution in [2.45, 2.75) is 49.8 Å². The predicted molar refractivity (Wildman–Crippen MR) is 76.2 cm³/mol. The van der Waals surface area contributed by atoms with Gasteiger partial charge in [0.2, 0.25) is 6.29 Å². The molecule has 5 N–H and O–H groups in total. The molecule has 9 heteroatoms. The molecule has 2 aliphatic heterocycles. The summed E-state index contributed by atoms with van der Waals surface area (Å²) in [6, 6.07) is 0. The lowest BCUT2D eigenvalue weighted by molar-refractivity contribution is -0.342. The van der Waals surface area contributed by atoms with Gasteiger partial charge in [-0.3, -0.25) is 4.79 Å². The van der Waals surface area contributed by atoms with Gasteiger partial charge in [0, 0.05) is 5.92 Å². The lowest BCUT2D eigenvalue weighted by Gasteiger charge is -2.42. The predicted octanol–water partition coefficient (Wildman–Crippen LogP) is -1.60. The SMILES string of the molecule is O=C(O)[C@@H]1CC[C@@H]2C=CO[C@@H](O[C@@H]3O[C@H](CO)[C@@H](O)[C@@H](O)[C@H]3O)[C@@H]21. The van der Waals surface area contributed by atoms with Crippen molar-refractivity contribution in [2.24, 2.45) is 17.8 Å². The van der Waals surface area contributed by atoms with Gasteiger partial charge in [0.05, 0.1) is 18.8 Å². The summed E-state index contributed by atoms with van der Waals surface area (Å²) in [7, 11) is 0. The van der Waals surface area contributed by atoms with E-state index in [-0.39, 0.29) is 5.92 Å². The van der Waals surface area contributed by atoms with Crippen molar-refractivity contribution in [1.29, 1.82) is 0 Å². The van der Waals surface area contributed by atoms with Crippen molar-refractivity contribution in [2.75, 3.05) is 6.61 Å². The van der Waals surface area contributed by atoms with E-state index in [1.807, 2.05) is 0 Å². The Morgan fingerprint density at radius 1 is 1.12 bits per heavy atom. The number of allylic oxidation sites excluding steroid dienone is 1. The molecule has 0 radical (unpaired) electrons. The highest BCUT2D eigenvalue weighted by molar-refractivity contribution is 5.71. The smallest absolute Gasteiger partial charge is 0.307 e. The van der Waals surface area contributed by atoms with Gasteiger partial charge in [-0.05, 0) is 24.8 Å². The van der Waals surface area contributed by atoms with Crippen LogP contribution in [-0.4, -0.2) is 75.1 Å². The maximum atomic E-state index is 11.4. The fraction of sp³-hybridized carbons (Fsp3) is 0.800. The molecule has 136 valence electrons. The van der Waals surface area contributed by atoms with Gasteiger partial charge in [0.15, 0.2) is 6.29 Å². The summed E-state index contributed by atoms with van der Waals surface area (Å²) in [5.74, 6) is -2.05. The van der Waals surface area contributed by atoms with E-state index in [4.69, 9.17) is 14.2 Å². The van der Waals surface area contributed by atoms with Crippen LogP contribution in [0.2, 0.25) is 0 Å². The van der Waals surface area contributed by atoms with Crippen LogP contribution in [0.4, 0.5) is 0 Å². The molecule has 0 aromatic rings. The fourth-order valence-electron chi connectivity index (χ4n) is 3.71. The number of aliphatic hydroxyl groups excluding tert-OH is 4. The minimum absolute atomic E-state index is 0.0188. The third-order valence-electron chi connectivity index (χ3n) is 5.06. The normalized spacial score (nSPS) is 47.9. The number of fused-ring (bicyclic) bond motifs is 1.